The summed E-state index contributed by atoms with van der Waals surface area (Å²) in [5, 5.41) is 13.2. The van der Waals surface area contributed by atoms with Crippen LogP contribution in [0.25, 0.3) is 16.9 Å². The number of nitrogens with two attached hydrogens (primary N) is 2. The normalized spacial score (nSPS) is 21.9. The Morgan fingerprint density at radius 1 is 1.33 bits per heavy atom. The summed E-state index contributed by atoms with van der Waals surface area (Å²) >= 11 is 0. The van der Waals surface area contributed by atoms with Crippen molar-refractivity contribution >= 4 is 23.3 Å². The number of halogens is 3. The molecule has 0 bridgehead atoms. The van der Waals surface area contributed by atoms with Gasteiger partial charge >= 0.3 is 6.18 Å². The van der Waals surface area contributed by atoms with Gasteiger partial charge in [-0.3, -0.25) is 14.0 Å². The maximum Gasteiger partial charge on any atom is 0.430 e. The number of imidazole rings is 1. The van der Waals surface area contributed by atoms with Crippen molar-refractivity contribution in [3.8, 4) is 11.3 Å². The Balaban J connectivity index is 1.82. The average molecular weight is 506 g/mol. The molecule has 36 heavy (non-hydrogen) atoms. The van der Waals surface area contributed by atoms with Gasteiger partial charge < -0.3 is 26.6 Å². The number of hydrogen-bond acceptors (Lipinski definition) is 7. The number of alkyl halides is 3. The van der Waals surface area contributed by atoms with E-state index in [1.54, 1.807) is 6.92 Å². The van der Waals surface area contributed by atoms with Crippen molar-refractivity contribution in [3.05, 3.63) is 47.4 Å². The van der Waals surface area contributed by atoms with Crippen LogP contribution < -0.4 is 16.8 Å². The number of ether oxygens (including phenoxy) is 1. The van der Waals surface area contributed by atoms with E-state index in [1.807, 2.05) is 13.8 Å². The zero-order valence-electron chi connectivity index (χ0n) is 19.7. The number of nitrogens with one attached hydrogen (secondary N) is 1. The highest BCUT2D eigenvalue weighted by Gasteiger charge is 2.60. The van der Waals surface area contributed by atoms with Gasteiger partial charge in [0.05, 0.1) is 23.5 Å². The number of primary amides is 1. The van der Waals surface area contributed by atoms with E-state index in [9.17, 15) is 27.9 Å². The quantitative estimate of drug-likeness (QED) is 0.411. The van der Waals surface area contributed by atoms with Gasteiger partial charge in [0.2, 0.25) is 0 Å². The van der Waals surface area contributed by atoms with Crippen molar-refractivity contribution in [3.63, 3.8) is 0 Å². The lowest BCUT2D eigenvalue weighted by molar-refractivity contribution is -0.255. The number of fused-ring (bicyclic) bond motifs is 1. The summed E-state index contributed by atoms with van der Waals surface area (Å²) in [4.78, 5) is 33.0. The van der Waals surface area contributed by atoms with E-state index >= 15 is 0 Å². The molecule has 4 rings (SSSR count). The number of aliphatic hydroxyl groups is 1. The number of rotatable bonds is 5. The molecule has 3 atom stereocenters. The third-order valence-corrected chi connectivity index (χ3v) is 6.73. The van der Waals surface area contributed by atoms with Crippen LogP contribution in [0.1, 0.15) is 41.9 Å². The Bertz CT molecular complexity index is 1370. The molecule has 13 heteroatoms. The molecule has 2 amide bonds. The zero-order valence-corrected chi connectivity index (χ0v) is 19.7. The van der Waals surface area contributed by atoms with Gasteiger partial charge in [-0.15, -0.1) is 0 Å². The molecule has 2 aromatic heterocycles. The van der Waals surface area contributed by atoms with Crippen molar-refractivity contribution in [2.24, 2.45) is 5.73 Å². The van der Waals surface area contributed by atoms with E-state index in [0.717, 1.165) is 12.1 Å². The largest absolute Gasteiger partial charge is 0.430 e. The molecule has 1 aliphatic heterocycles. The predicted molar refractivity (Wildman–Crippen MR) is 123 cm³/mol. The number of carbonyl (C=O) groups is 2. The third kappa shape index (κ3) is 3.93. The first-order chi connectivity index (χ1) is 16.7. The predicted octanol–water partition coefficient (Wildman–Crippen LogP) is 1.82. The molecule has 1 aromatic carbocycles. The van der Waals surface area contributed by atoms with E-state index in [-0.39, 0.29) is 34.5 Å². The molecule has 0 radical (unpaired) electrons. The molecule has 0 saturated carbocycles. The number of aryl methyl sites for hydroxylation is 1. The average Bonchev–Trinajstić information content (AvgIpc) is 3.36. The highest BCUT2D eigenvalue weighted by atomic mass is 19.4. The second kappa shape index (κ2) is 8.45. The van der Waals surface area contributed by atoms with Crippen molar-refractivity contribution in [2.75, 3.05) is 12.3 Å². The van der Waals surface area contributed by atoms with E-state index in [2.05, 4.69) is 15.3 Å². The number of nitrogen functional groups attached to an aromatic ring is 1. The van der Waals surface area contributed by atoms with E-state index in [0.29, 0.717) is 18.6 Å². The lowest BCUT2D eigenvalue weighted by atomic mass is 9.89. The molecule has 3 unspecified atom stereocenters. The van der Waals surface area contributed by atoms with E-state index < -0.39 is 34.7 Å². The van der Waals surface area contributed by atoms with Crippen molar-refractivity contribution in [1.29, 1.82) is 0 Å². The molecule has 1 fully saturated rings. The standard InChI is InChI=1S/C23H25F3N6O4/c1-11-4-5-13(22(35,20(28)34)23(24,25)26)8-14(11)16-9-29-18-17(27)30-15(10-32(16)18)19(33)31-21(3)6-7-36-12(21)2/h4-5,8-10,12,35H,6-7H2,1-3H3,(H2,27,30)(H2,28,34)(H,31,33). The van der Waals surface area contributed by atoms with E-state index in [4.69, 9.17) is 16.2 Å². The number of aromatic nitrogens is 3. The molecule has 3 aromatic rings. The zero-order chi connectivity index (χ0) is 26.6. The highest BCUT2D eigenvalue weighted by molar-refractivity contribution is 5.94. The number of carbonyl (C=O) groups excluding carboxylic acids is 2. The Kier molecular flexibility index (Phi) is 5.96. The number of nitrogens with zero attached hydrogens (tertiary/aromatic N) is 3. The van der Waals surface area contributed by atoms with Gasteiger partial charge in [0, 0.05) is 23.9 Å². The van der Waals surface area contributed by atoms with Gasteiger partial charge in [0.15, 0.2) is 11.5 Å². The van der Waals surface area contributed by atoms with Gasteiger partial charge in [0.25, 0.3) is 17.4 Å². The molecular formula is C23H25F3N6O4. The minimum atomic E-state index is -5.36. The summed E-state index contributed by atoms with van der Waals surface area (Å²) in [5.74, 6) is -2.56. The second-order valence-electron chi connectivity index (χ2n) is 9.09. The van der Waals surface area contributed by atoms with Gasteiger partial charge in [-0.25, -0.2) is 9.97 Å². The molecule has 1 saturated heterocycles. The first-order valence-corrected chi connectivity index (χ1v) is 11.0. The molecule has 10 nitrogen and oxygen atoms in total. The van der Waals surface area contributed by atoms with E-state index in [1.165, 1.54) is 22.9 Å². The second-order valence-corrected chi connectivity index (χ2v) is 9.09. The Morgan fingerprint density at radius 3 is 2.61 bits per heavy atom. The summed E-state index contributed by atoms with van der Waals surface area (Å²) in [7, 11) is 0. The van der Waals surface area contributed by atoms with Crippen LogP contribution >= 0.6 is 0 Å². The summed E-state index contributed by atoms with van der Waals surface area (Å²) in [5.41, 5.74) is 6.76. The van der Waals surface area contributed by atoms with Crippen molar-refractivity contribution in [1.82, 2.24) is 19.7 Å². The highest BCUT2D eigenvalue weighted by Crippen LogP contribution is 2.40. The number of amides is 2. The molecular weight excluding hydrogens is 481 g/mol. The summed E-state index contributed by atoms with van der Waals surface area (Å²) in [6, 6.07) is 3.29. The molecule has 1 aliphatic rings. The number of hydrogen-bond donors (Lipinski definition) is 4. The van der Waals surface area contributed by atoms with Crippen LogP contribution in [0.2, 0.25) is 0 Å². The Morgan fingerprint density at radius 2 is 2.03 bits per heavy atom. The van der Waals surface area contributed by atoms with Crippen LogP contribution in [0, 0.1) is 6.92 Å². The summed E-state index contributed by atoms with van der Waals surface area (Å²) in [6.45, 7) is 5.80. The number of benzene rings is 1. The maximum absolute atomic E-state index is 13.6. The van der Waals surface area contributed by atoms with Crippen LogP contribution in [0.5, 0.6) is 0 Å². The smallest absolute Gasteiger partial charge is 0.381 e. The summed E-state index contributed by atoms with van der Waals surface area (Å²) < 4.78 is 47.9. The fourth-order valence-electron chi connectivity index (χ4n) is 4.21. The molecule has 3 heterocycles. The van der Waals surface area contributed by atoms with Crippen LogP contribution in [0.15, 0.2) is 30.6 Å². The van der Waals surface area contributed by atoms with Gasteiger partial charge in [-0.2, -0.15) is 13.2 Å². The molecule has 0 aliphatic carbocycles. The maximum atomic E-state index is 13.6. The fourth-order valence-corrected chi connectivity index (χ4v) is 4.21. The first-order valence-electron chi connectivity index (χ1n) is 11.0. The van der Waals surface area contributed by atoms with Crippen molar-refractivity contribution < 1.29 is 32.6 Å². The van der Waals surface area contributed by atoms with Crippen LogP contribution in [0.3, 0.4) is 0 Å². The summed E-state index contributed by atoms with van der Waals surface area (Å²) in [6.07, 6.45) is -2.28. The SMILES string of the molecule is Cc1ccc(C(O)(C(N)=O)C(F)(F)F)cc1-c1cnc2c(N)nc(C(=O)NC3(C)CCOC3C)cn12. The lowest BCUT2D eigenvalue weighted by Crippen LogP contribution is -2.52. The van der Waals surface area contributed by atoms with Crippen molar-refractivity contribution in [2.45, 2.75) is 50.6 Å². The third-order valence-electron chi connectivity index (χ3n) is 6.73. The Hall–Kier alpha value is -3.71. The lowest BCUT2D eigenvalue weighted by Gasteiger charge is -2.28. The molecule has 6 N–H and O–H groups in total. The molecule has 192 valence electrons. The Labute approximate surface area is 203 Å². The minimum absolute atomic E-state index is 0.0442. The topological polar surface area (TPSA) is 158 Å². The van der Waals surface area contributed by atoms with Crippen LogP contribution in [-0.2, 0) is 15.1 Å². The first kappa shape index (κ1) is 25.4. The van der Waals surface area contributed by atoms with Gasteiger partial charge in [0.1, 0.15) is 5.69 Å². The molecule has 0 spiro atoms. The fraction of sp³-hybridized carbons (Fsp3) is 0.391. The monoisotopic (exact) mass is 506 g/mol. The number of anilines is 1. The van der Waals surface area contributed by atoms with Gasteiger partial charge in [-0.1, -0.05) is 12.1 Å². The minimum Gasteiger partial charge on any atom is -0.381 e. The van der Waals surface area contributed by atoms with Gasteiger partial charge in [-0.05, 0) is 38.8 Å². The van der Waals surface area contributed by atoms with Crippen LogP contribution in [-0.4, -0.2) is 55.7 Å². The van der Waals surface area contributed by atoms with Crippen LogP contribution in [0.4, 0.5) is 19.0 Å².